The van der Waals surface area contributed by atoms with E-state index in [9.17, 15) is 9.59 Å². The average molecular weight is 394 g/mol. The first-order valence-electron chi connectivity index (χ1n) is 10.3. The van der Waals surface area contributed by atoms with Crippen LogP contribution in [0.1, 0.15) is 68.8 Å². The maximum absolute atomic E-state index is 12.5. The van der Waals surface area contributed by atoms with Crippen molar-refractivity contribution in [2.75, 3.05) is 5.32 Å². The molecule has 5 heteroatoms. The topological polar surface area (TPSA) is 70.6 Å². The number of unbranched alkanes of at least 4 members (excludes halogenated alkanes) is 2. The lowest BCUT2D eigenvalue weighted by atomic mass is 10.0. The van der Waals surface area contributed by atoms with Crippen molar-refractivity contribution in [3.8, 4) is 0 Å². The summed E-state index contributed by atoms with van der Waals surface area (Å²) in [5, 5.41) is 7.23. The van der Waals surface area contributed by atoms with Crippen LogP contribution < -0.4 is 10.7 Å². The van der Waals surface area contributed by atoms with Crippen molar-refractivity contribution in [1.82, 2.24) is 5.43 Å². The summed E-state index contributed by atoms with van der Waals surface area (Å²) >= 11 is 0. The Balaban J connectivity index is 2.01. The summed E-state index contributed by atoms with van der Waals surface area (Å²) in [5.74, 6) is 0.00409. The minimum absolute atomic E-state index is 0.0265. The molecule has 0 unspecified atom stereocenters. The van der Waals surface area contributed by atoms with Crippen LogP contribution in [0.3, 0.4) is 0 Å². The van der Waals surface area contributed by atoms with Crippen LogP contribution in [0.15, 0.2) is 59.7 Å². The number of rotatable bonds is 10. The quantitative estimate of drug-likeness (QED) is 0.323. The number of benzene rings is 2. The summed E-state index contributed by atoms with van der Waals surface area (Å²) in [6.45, 7) is 6.16. The molecule has 29 heavy (non-hydrogen) atoms. The normalized spacial score (nSPS) is 11.4. The van der Waals surface area contributed by atoms with Crippen molar-refractivity contribution in [3.05, 3.63) is 65.7 Å². The van der Waals surface area contributed by atoms with Gasteiger partial charge in [-0.05, 0) is 48.6 Å². The van der Waals surface area contributed by atoms with Crippen LogP contribution in [0.5, 0.6) is 0 Å². The Morgan fingerprint density at radius 2 is 1.62 bits per heavy atom. The molecular formula is C24H31N3O2. The Bertz CT molecular complexity index is 812. The molecule has 2 amide bonds. The molecule has 154 valence electrons. The Kier molecular flexibility index (Phi) is 9.09. The standard InChI is InChI=1S/C24H31N3O2/c1-4-5-7-12-22(19-10-8-6-9-11-19)26-27-24(29)20-13-15-21(16-14-20)25-23(28)17-18(2)3/h6,8-11,13-16,18H,4-5,7,12,17H2,1-3H3,(H,25,28)(H,27,29). The molecule has 0 saturated heterocycles. The molecule has 5 nitrogen and oxygen atoms in total. The van der Waals surface area contributed by atoms with E-state index in [2.05, 4.69) is 22.8 Å². The van der Waals surface area contributed by atoms with Gasteiger partial charge in [0.05, 0.1) is 5.71 Å². The number of hydrogen-bond donors (Lipinski definition) is 2. The molecule has 2 aromatic carbocycles. The van der Waals surface area contributed by atoms with Crippen LogP contribution in [0.25, 0.3) is 0 Å². The molecule has 0 aliphatic rings. The first-order valence-corrected chi connectivity index (χ1v) is 10.3. The molecule has 0 saturated carbocycles. The summed E-state index contributed by atoms with van der Waals surface area (Å²) in [7, 11) is 0. The van der Waals surface area contributed by atoms with E-state index in [1.807, 2.05) is 44.2 Å². The SMILES string of the molecule is CCCCCC(=NNC(=O)c1ccc(NC(=O)CC(C)C)cc1)c1ccccc1. The molecule has 0 spiro atoms. The fraction of sp³-hybridized carbons (Fsp3) is 0.375. The Hall–Kier alpha value is -2.95. The number of amides is 2. The van der Waals surface area contributed by atoms with Crippen LogP contribution in [-0.4, -0.2) is 17.5 Å². The molecule has 0 heterocycles. The third-order valence-electron chi connectivity index (χ3n) is 4.44. The van der Waals surface area contributed by atoms with E-state index < -0.39 is 0 Å². The number of hydrazone groups is 1. The van der Waals surface area contributed by atoms with Crippen LogP contribution in [0, 0.1) is 5.92 Å². The van der Waals surface area contributed by atoms with E-state index in [4.69, 9.17) is 0 Å². The highest BCUT2D eigenvalue weighted by atomic mass is 16.2. The van der Waals surface area contributed by atoms with E-state index in [1.165, 1.54) is 0 Å². The smallest absolute Gasteiger partial charge is 0.271 e. The largest absolute Gasteiger partial charge is 0.326 e. The van der Waals surface area contributed by atoms with Gasteiger partial charge in [-0.1, -0.05) is 63.9 Å². The monoisotopic (exact) mass is 393 g/mol. The molecule has 2 N–H and O–H groups in total. The van der Waals surface area contributed by atoms with Crippen molar-refractivity contribution in [2.24, 2.45) is 11.0 Å². The summed E-state index contributed by atoms with van der Waals surface area (Å²) in [6, 6.07) is 16.8. The second-order valence-electron chi connectivity index (χ2n) is 7.55. The number of nitrogens with one attached hydrogen (secondary N) is 2. The van der Waals surface area contributed by atoms with Gasteiger partial charge in [-0.2, -0.15) is 5.10 Å². The Morgan fingerprint density at radius 3 is 2.24 bits per heavy atom. The van der Waals surface area contributed by atoms with E-state index in [-0.39, 0.29) is 11.8 Å². The first kappa shape index (κ1) is 22.3. The van der Waals surface area contributed by atoms with Gasteiger partial charge in [0.15, 0.2) is 0 Å². The maximum Gasteiger partial charge on any atom is 0.271 e. The average Bonchev–Trinajstić information content (AvgIpc) is 2.71. The number of nitrogens with zero attached hydrogens (tertiary/aromatic N) is 1. The van der Waals surface area contributed by atoms with Gasteiger partial charge in [0.1, 0.15) is 0 Å². The zero-order valence-corrected chi connectivity index (χ0v) is 17.6. The molecule has 0 aromatic heterocycles. The second-order valence-corrected chi connectivity index (χ2v) is 7.55. The van der Waals surface area contributed by atoms with Gasteiger partial charge in [-0.15, -0.1) is 0 Å². The zero-order valence-electron chi connectivity index (χ0n) is 17.6. The lowest BCUT2D eigenvalue weighted by Crippen LogP contribution is -2.20. The molecule has 2 rings (SSSR count). The molecule has 0 bridgehead atoms. The number of carbonyl (C=O) groups is 2. The van der Waals surface area contributed by atoms with Gasteiger partial charge in [-0.3, -0.25) is 9.59 Å². The van der Waals surface area contributed by atoms with E-state index >= 15 is 0 Å². The molecular weight excluding hydrogens is 362 g/mol. The third kappa shape index (κ3) is 7.90. The summed E-state index contributed by atoms with van der Waals surface area (Å²) < 4.78 is 0. The van der Waals surface area contributed by atoms with Gasteiger partial charge in [0.2, 0.25) is 5.91 Å². The van der Waals surface area contributed by atoms with E-state index in [0.29, 0.717) is 23.6 Å². The lowest BCUT2D eigenvalue weighted by molar-refractivity contribution is -0.116. The maximum atomic E-state index is 12.5. The van der Waals surface area contributed by atoms with Crippen molar-refractivity contribution in [1.29, 1.82) is 0 Å². The van der Waals surface area contributed by atoms with Crippen LogP contribution in [0.2, 0.25) is 0 Å². The highest BCUT2D eigenvalue weighted by molar-refractivity contribution is 6.02. The minimum Gasteiger partial charge on any atom is -0.326 e. The number of hydrogen-bond acceptors (Lipinski definition) is 3. The molecule has 0 fully saturated rings. The van der Waals surface area contributed by atoms with Gasteiger partial charge in [-0.25, -0.2) is 5.43 Å². The predicted molar refractivity (Wildman–Crippen MR) is 119 cm³/mol. The zero-order chi connectivity index (χ0) is 21.1. The van der Waals surface area contributed by atoms with Gasteiger partial charge < -0.3 is 5.32 Å². The van der Waals surface area contributed by atoms with Gasteiger partial charge in [0, 0.05) is 17.7 Å². The number of anilines is 1. The molecule has 0 aliphatic heterocycles. The third-order valence-corrected chi connectivity index (χ3v) is 4.44. The van der Waals surface area contributed by atoms with Gasteiger partial charge >= 0.3 is 0 Å². The highest BCUT2D eigenvalue weighted by Crippen LogP contribution is 2.12. The molecule has 2 aromatic rings. The van der Waals surface area contributed by atoms with Crippen LogP contribution >= 0.6 is 0 Å². The van der Waals surface area contributed by atoms with Crippen molar-refractivity contribution in [3.63, 3.8) is 0 Å². The molecule has 0 radical (unpaired) electrons. The summed E-state index contributed by atoms with van der Waals surface area (Å²) in [5.41, 5.74) is 5.75. The Labute approximate surface area is 173 Å². The lowest BCUT2D eigenvalue weighted by Gasteiger charge is -2.09. The summed E-state index contributed by atoms with van der Waals surface area (Å²) in [4.78, 5) is 24.3. The number of carbonyl (C=O) groups excluding carboxylic acids is 2. The first-order chi connectivity index (χ1) is 14.0. The van der Waals surface area contributed by atoms with Crippen LogP contribution in [0.4, 0.5) is 5.69 Å². The minimum atomic E-state index is -0.269. The second kappa shape index (κ2) is 11.8. The Morgan fingerprint density at radius 1 is 0.931 bits per heavy atom. The molecule has 0 aliphatic carbocycles. The fourth-order valence-corrected chi connectivity index (χ4v) is 2.91. The van der Waals surface area contributed by atoms with E-state index in [1.54, 1.807) is 24.3 Å². The van der Waals surface area contributed by atoms with Crippen LogP contribution in [-0.2, 0) is 4.79 Å². The fourth-order valence-electron chi connectivity index (χ4n) is 2.91. The van der Waals surface area contributed by atoms with Crippen molar-refractivity contribution >= 4 is 23.2 Å². The van der Waals surface area contributed by atoms with Gasteiger partial charge in [0.25, 0.3) is 5.91 Å². The summed E-state index contributed by atoms with van der Waals surface area (Å²) in [6.07, 6.45) is 4.58. The van der Waals surface area contributed by atoms with E-state index in [0.717, 1.165) is 37.0 Å². The predicted octanol–water partition coefficient (Wildman–Crippen LogP) is 5.39. The van der Waals surface area contributed by atoms with Crippen molar-refractivity contribution in [2.45, 2.75) is 52.9 Å². The highest BCUT2D eigenvalue weighted by Gasteiger charge is 2.09. The van der Waals surface area contributed by atoms with Crippen molar-refractivity contribution < 1.29 is 9.59 Å². The molecule has 0 atom stereocenters.